The van der Waals surface area contributed by atoms with Gasteiger partial charge in [-0.05, 0) is 57.7 Å². The Kier molecular flexibility index (Phi) is 8.49. The highest BCUT2D eigenvalue weighted by atomic mass is 32.2. The van der Waals surface area contributed by atoms with Crippen molar-refractivity contribution in [1.82, 2.24) is 25.0 Å². The van der Waals surface area contributed by atoms with Crippen molar-refractivity contribution in [3.05, 3.63) is 66.0 Å². The number of rotatable bonds is 11. The molecule has 1 N–H and O–H groups in total. The zero-order valence-corrected chi connectivity index (χ0v) is 19.1. The fraction of sp³-hybridized carbons (Fsp3) is 0.348. The third-order valence-corrected chi connectivity index (χ3v) is 5.53. The van der Waals surface area contributed by atoms with Crippen LogP contribution in [-0.4, -0.2) is 58.5 Å². The largest absolute Gasteiger partial charge is 0.485 e. The van der Waals surface area contributed by atoms with Gasteiger partial charge in [0.2, 0.25) is 5.91 Å². The summed E-state index contributed by atoms with van der Waals surface area (Å²) in [5.41, 5.74) is 2.00. The smallest absolute Gasteiger partial charge is 0.230 e. The average molecular weight is 440 g/mol. The SMILES string of the molecule is Cc1ccccc1OCc1nnc(SCC(=O)NCCCN(C)C)n1-c1ccccc1. The lowest BCUT2D eigenvalue weighted by molar-refractivity contribution is -0.118. The average Bonchev–Trinajstić information content (AvgIpc) is 3.18. The second-order valence-electron chi connectivity index (χ2n) is 7.42. The Bertz CT molecular complexity index is 975. The number of benzene rings is 2. The quantitative estimate of drug-likeness (QED) is 0.365. The number of amides is 1. The molecule has 31 heavy (non-hydrogen) atoms. The normalized spacial score (nSPS) is 11.0. The van der Waals surface area contributed by atoms with E-state index in [2.05, 4.69) is 20.4 Å². The molecule has 0 aliphatic carbocycles. The number of thioether (sulfide) groups is 1. The second-order valence-corrected chi connectivity index (χ2v) is 8.36. The van der Waals surface area contributed by atoms with Gasteiger partial charge in [-0.25, -0.2) is 0 Å². The van der Waals surface area contributed by atoms with E-state index in [4.69, 9.17) is 4.74 Å². The molecule has 8 heteroatoms. The van der Waals surface area contributed by atoms with Gasteiger partial charge in [0.05, 0.1) is 5.75 Å². The molecule has 0 bridgehead atoms. The summed E-state index contributed by atoms with van der Waals surface area (Å²) in [6.45, 7) is 3.90. The van der Waals surface area contributed by atoms with Crippen LogP contribution < -0.4 is 10.1 Å². The summed E-state index contributed by atoms with van der Waals surface area (Å²) < 4.78 is 7.94. The van der Waals surface area contributed by atoms with Gasteiger partial charge in [-0.2, -0.15) is 0 Å². The van der Waals surface area contributed by atoms with Crippen LogP contribution in [0, 0.1) is 6.92 Å². The first-order valence-corrected chi connectivity index (χ1v) is 11.3. The third-order valence-electron chi connectivity index (χ3n) is 4.60. The van der Waals surface area contributed by atoms with Crippen LogP contribution in [0.2, 0.25) is 0 Å². The van der Waals surface area contributed by atoms with Crippen LogP contribution in [0.3, 0.4) is 0 Å². The van der Waals surface area contributed by atoms with Gasteiger partial charge in [0.25, 0.3) is 0 Å². The minimum atomic E-state index is -0.0101. The lowest BCUT2D eigenvalue weighted by atomic mass is 10.2. The van der Waals surface area contributed by atoms with Crippen LogP contribution in [0.4, 0.5) is 0 Å². The van der Waals surface area contributed by atoms with Crippen molar-refractivity contribution in [2.45, 2.75) is 25.1 Å². The van der Waals surface area contributed by atoms with Crippen molar-refractivity contribution in [3.8, 4) is 11.4 Å². The first-order valence-electron chi connectivity index (χ1n) is 10.3. The van der Waals surface area contributed by atoms with Gasteiger partial charge in [0.1, 0.15) is 12.4 Å². The number of carbonyl (C=O) groups is 1. The highest BCUT2D eigenvalue weighted by Gasteiger charge is 2.16. The standard InChI is InChI=1S/C23H29N5O2S/c1-18-10-7-8-13-20(18)30-16-21-25-26-23(28(21)19-11-5-4-6-12-19)31-17-22(29)24-14-9-15-27(2)3/h4-8,10-13H,9,14-17H2,1-3H3,(H,24,29). The molecule has 1 aromatic heterocycles. The predicted octanol–water partition coefficient (Wildman–Crippen LogP) is 3.31. The van der Waals surface area contributed by atoms with Crippen LogP contribution in [0.5, 0.6) is 5.75 Å². The van der Waals surface area contributed by atoms with Crippen LogP contribution in [0.15, 0.2) is 59.8 Å². The maximum Gasteiger partial charge on any atom is 0.230 e. The molecule has 3 rings (SSSR count). The van der Waals surface area contributed by atoms with Crippen LogP contribution in [-0.2, 0) is 11.4 Å². The van der Waals surface area contributed by atoms with E-state index in [0.717, 1.165) is 30.0 Å². The molecule has 0 fully saturated rings. The molecule has 0 atom stereocenters. The summed E-state index contributed by atoms with van der Waals surface area (Å²) in [6, 6.07) is 17.8. The number of nitrogens with one attached hydrogen (secondary N) is 1. The van der Waals surface area contributed by atoms with Gasteiger partial charge in [-0.15, -0.1) is 10.2 Å². The monoisotopic (exact) mass is 439 g/mol. The van der Waals surface area contributed by atoms with Gasteiger partial charge < -0.3 is 15.0 Å². The minimum absolute atomic E-state index is 0.0101. The zero-order valence-electron chi connectivity index (χ0n) is 18.2. The molecule has 1 heterocycles. The minimum Gasteiger partial charge on any atom is -0.485 e. The molecular formula is C23H29N5O2S. The summed E-state index contributed by atoms with van der Waals surface area (Å²) >= 11 is 1.37. The number of para-hydroxylation sites is 2. The van der Waals surface area contributed by atoms with Crippen LogP contribution in [0.25, 0.3) is 5.69 Å². The first kappa shape index (κ1) is 22.8. The van der Waals surface area contributed by atoms with Gasteiger partial charge in [-0.3, -0.25) is 9.36 Å². The van der Waals surface area contributed by atoms with Crippen molar-refractivity contribution in [2.75, 3.05) is 32.9 Å². The predicted molar refractivity (Wildman–Crippen MR) is 124 cm³/mol. The number of hydrogen-bond acceptors (Lipinski definition) is 6. The van der Waals surface area contributed by atoms with Gasteiger partial charge in [0.15, 0.2) is 11.0 Å². The molecule has 0 radical (unpaired) electrons. The van der Waals surface area contributed by atoms with Gasteiger partial charge in [-0.1, -0.05) is 48.2 Å². The molecule has 0 saturated carbocycles. The van der Waals surface area contributed by atoms with E-state index in [-0.39, 0.29) is 18.3 Å². The van der Waals surface area contributed by atoms with Crippen molar-refractivity contribution in [1.29, 1.82) is 0 Å². The van der Waals surface area contributed by atoms with Crippen molar-refractivity contribution in [3.63, 3.8) is 0 Å². The Balaban J connectivity index is 1.67. The molecule has 1 amide bonds. The molecule has 7 nitrogen and oxygen atoms in total. The van der Waals surface area contributed by atoms with E-state index >= 15 is 0 Å². The highest BCUT2D eigenvalue weighted by Crippen LogP contribution is 2.24. The Hall–Kier alpha value is -2.84. The van der Waals surface area contributed by atoms with Gasteiger partial charge >= 0.3 is 0 Å². The lowest BCUT2D eigenvalue weighted by Gasteiger charge is -2.12. The van der Waals surface area contributed by atoms with Crippen molar-refractivity contribution >= 4 is 17.7 Å². The maximum absolute atomic E-state index is 12.2. The Labute approximate surface area is 187 Å². The fourth-order valence-corrected chi connectivity index (χ4v) is 3.79. The number of ether oxygens (including phenoxy) is 1. The highest BCUT2D eigenvalue weighted by molar-refractivity contribution is 7.99. The number of aryl methyl sites for hydroxylation is 1. The summed E-state index contributed by atoms with van der Waals surface area (Å²) in [6.07, 6.45) is 0.921. The molecule has 2 aromatic carbocycles. The van der Waals surface area contributed by atoms with Crippen LogP contribution in [0.1, 0.15) is 17.8 Å². The third kappa shape index (κ3) is 6.83. The Morgan fingerprint density at radius 1 is 1.10 bits per heavy atom. The topological polar surface area (TPSA) is 72.3 Å². The number of hydrogen-bond donors (Lipinski definition) is 1. The molecule has 0 unspecified atom stereocenters. The first-order chi connectivity index (χ1) is 15.0. The molecule has 164 valence electrons. The van der Waals surface area contributed by atoms with Crippen LogP contribution >= 0.6 is 11.8 Å². The summed E-state index contributed by atoms with van der Waals surface area (Å²) in [5, 5.41) is 12.3. The molecule has 0 saturated heterocycles. The van der Waals surface area contributed by atoms with Crippen molar-refractivity contribution in [2.24, 2.45) is 0 Å². The number of nitrogens with zero attached hydrogens (tertiary/aromatic N) is 4. The zero-order chi connectivity index (χ0) is 22.1. The summed E-state index contributed by atoms with van der Waals surface area (Å²) in [7, 11) is 4.04. The maximum atomic E-state index is 12.2. The molecule has 0 spiro atoms. The molecular weight excluding hydrogens is 410 g/mol. The summed E-state index contributed by atoms with van der Waals surface area (Å²) in [5.74, 6) is 1.77. The summed E-state index contributed by atoms with van der Waals surface area (Å²) in [4.78, 5) is 14.3. The van der Waals surface area contributed by atoms with E-state index < -0.39 is 0 Å². The number of carbonyl (C=O) groups excluding carboxylic acids is 1. The van der Waals surface area contributed by atoms with E-state index in [9.17, 15) is 4.79 Å². The van der Waals surface area contributed by atoms with Crippen molar-refractivity contribution < 1.29 is 9.53 Å². The lowest BCUT2D eigenvalue weighted by Crippen LogP contribution is -2.28. The van der Waals surface area contributed by atoms with Gasteiger partial charge in [0, 0.05) is 12.2 Å². The van der Waals surface area contributed by atoms with E-state index in [1.54, 1.807) is 0 Å². The van der Waals surface area contributed by atoms with E-state index in [1.807, 2.05) is 80.2 Å². The fourth-order valence-electron chi connectivity index (χ4n) is 2.99. The Morgan fingerprint density at radius 2 is 1.84 bits per heavy atom. The second kappa shape index (κ2) is 11.5. The van der Waals surface area contributed by atoms with E-state index in [1.165, 1.54) is 11.8 Å². The molecule has 0 aliphatic rings. The Morgan fingerprint density at radius 3 is 2.58 bits per heavy atom. The molecule has 0 aliphatic heterocycles. The molecule has 3 aromatic rings. The number of aromatic nitrogens is 3. The van der Waals surface area contributed by atoms with E-state index in [0.29, 0.717) is 17.5 Å².